The lowest BCUT2D eigenvalue weighted by Gasteiger charge is -2.12. The van der Waals surface area contributed by atoms with Gasteiger partial charge in [-0.05, 0) is 6.08 Å². The molecule has 0 rings (SSSR count). The van der Waals surface area contributed by atoms with Gasteiger partial charge in [-0.15, -0.1) is 0 Å². The highest BCUT2D eigenvalue weighted by molar-refractivity contribution is 5.48. The molecule has 0 aliphatic rings. The quantitative estimate of drug-likeness (QED) is 0.238. The molecular formula is C4H6NO3. The maximum atomic E-state index is 9.38. The zero-order chi connectivity index (χ0) is 6.62. The van der Waals surface area contributed by atoms with Gasteiger partial charge in [0, 0.05) is 0 Å². The van der Waals surface area contributed by atoms with Gasteiger partial charge in [-0.1, -0.05) is 6.58 Å². The average Bonchev–Trinajstić information content (AvgIpc) is 1.67. The molecule has 0 aromatic heterocycles. The Morgan fingerprint density at radius 1 is 1.75 bits per heavy atom. The first-order chi connectivity index (χ1) is 3.62. The van der Waals surface area contributed by atoms with Crippen molar-refractivity contribution in [1.29, 1.82) is 0 Å². The summed E-state index contributed by atoms with van der Waals surface area (Å²) in [7, 11) is 0. The summed E-state index contributed by atoms with van der Waals surface area (Å²) in [5.41, 5.74) is 0. The predicted molar refractivity (Wildman–Crippen MR) is 26.2 cm³/mol. The summed E-state index contributed by atoms with van der Waals surface area (Å²) >= 11 is 0. The maximum Gasteiger partial charge on any atom is 0.313 e. The van der Waals surface area contributed by atoms with E-state index in [1.54, 1.807) is 5.32 Å². The monoisotopic (exact) mass is 116 g/mol. The van der Waals surface area contributed by atoms with E-state index in [2.05, 4.69) is 6.58 Å². The fourth-order valence-electron chi connectivity index (χ4n) is 0.126. The molecule has 0 aliphatic carbocycles. The van der Waals surface area contributed by atoms with Crippen molar-refractivity contribution in [1.82, 2.24) is 5.32 Å². The first kappa shape index (κ1) is 7.13. The molecule has 4 nitrogen and oxygen atoms in total. The van der Waals surface area contributed by atoms with E-state index in [0.717, 1.165) is 12.5 Å². The number of hydrogen-bond donors (Lipinski definition) is 3. The standard InChI is InChI=1S/C4H6NO3/c1-2-4(7,8)5-3-6/h2,7-8H,1H2,(H,5,6). The summed E-state index contributed by atoms with van der Waals surface area (Å²) in [5.74, 6) is -2.32. The Labute approximate surface area is 46.4 Å². The van der Waals surface area contributed by atoms with Crippen LogP contribution in [0, 0.1) is 0 Å². The Morgan fingerprint density at radius 2 is 2.25 bits per heavy atom. The molecule has 0 saturated heterocycles. The van der Waals surface area contributed by atoms with Crippen molar-refractivity contribution in [3.05, 3.63) is 12.7 Å². The van der Waals surface area contributed by atoms with Crippen LogP contribution < -0.4 is 5.32 Å². The van der Waals surface area contributed by atoms with Crippen LogP contribution in [0.25, 0.3) is 0 Å². The maximum absolute atomic E-state index is 9.38. The third-order valence-electron chi connectivity index (χ3n) is 0.520. The minimum atomic E-state index is -2.32. The molecule has 0 unspecified atom stereocenters. The fraction of sp³-hybridized carbons (Fsp3) is 0.250. The van der Waals surface area contributed by atoms with Gasteiger partial charge >= 0.3 is 6.41 Å². The van der Waals surface area contributed by atoms with E-state index in [-0.39, 0.29) is 0 Å². The van der Waals surface area contributed by atoms with E-state index in [4.69, 9.17) is 10.2 Å². The molecule has 0 spiro atoms. The van der Waals surface area contributed by atoms with Crippen LogP contribution in [0.2, 0.25) is 0 Å². The molecule has 0 heterocycles. The van der Waals surface area contributed by atoms with Gasteiger partial charge in [-0.25, -0.2) is 0 Å². The van der Waals surface area contributed by atoms with Gasteiger partial charge in [-0.3, -0.25) is 10.1 Å². The zero-order valence-electron chi connectivity index (χ0n) is 4.09. The van der Waals surface area contributed by atoms with Crippen molar-refractivity contribution in [2.45, 2.75) is 5.91 Å². The third-order valence-corrected chi connectivity index (χ3v) is 0.520. The van der Waals surface area contributed by atoms with Crippen molar-refractivity contribution in [3.8, 4) is 0 Å². The molecular weight excluding hydrogens is 110 g/mol. The Bertz CT molecular complexity index is 99.5. The van der Waals surface area contributed by atoms with Gasteiger partial charge in [0.25, 0.3) is 5.91 Å². The summed E-state index contributed by atoms with van der Waals surface area (Å²) in [6.07, 6.45) is 1.85. The molecule has 0 aromatic carbocycles. The van der Waals surface area contributed by atoms with E-state index in [1.165, 1.54) is 0 Å². The molecule has 3 N–H and O–H groups in total. The van der Waals surface area contributed by atoms with Gasteiger partial charge in [0.2, 0.25) is 0 Å². The minimum absolute atomic E-state index is 0.762. The SMILES string of the molecule is C=CC(O)(O)N[C]=O. The first-order valence-electron chi connectivity index (χ1n) is 1.85. The van der Waals surface area contributed by atoms with Crippen LogP contribution in [0.5, 0.6) is 0 Å². The summed E-state index contributed by atoms with van der Waals surface area (Å²) in [4.78, 5) is 9.38. The Kier molecular flexibility index (Phi) is 2.18. The summed E-state index contributed by atoms with van der Waals surface area (Å²) in [6.45, 7) is 3.01. The van der Waals surface area contributed by atoms with Gasteiger partial charge in [0.1, 0.15) is 0 Å². The van der Waals surface area contributed by atoms with Crippen LogP contribution in [0.3, 0.4) is 0 Å². The van der Waals surface area contributed by atoms with Crippen molar-refractivity contribution >= 4 is 6.41 Å². The predicted octanol–water partition coefficient (Wildman–Crippen LogP) is -1.53. The molecule has 45 valence electrons. The van der Waals surface area contributed by atoms with Crippen LogP contribution in [0.1, 0.15) is 0 Å². The summed E-state index contributed by atoms with van der Waals surface area (Å²) in [6, 6.07) is 0. The zero-order valence-corrected chi connectivity index (χ0v) is 4.09. The van der Waals surface area contributed by atoms with Gasteiger partial charge < -0.3 is 10.2 Å². The minimum Gasteiger partial charge on any atom is -0.346 e. The highest BCUT2D eigenvalue weighted by Crippen LogP contribution is 1.89. The summed E-state index contributed by atoms with van der Waals surface area (Å²) < 4.78 is 0. The van der Waals surface area contributed by atoms with Crippen molar-refractivity contribution in [2.24, 2.45) is 0 Å². The Hall–Kier alpha value is -0.870. The second-order valence-corrected chi connectivity index (χ2v) is 1.16. The first-order valence-corrected chi connectivity index (χ1v) is 1.85. The smallest absolute Gasteiger partial charge is 0.313 e. The lowest BCUT2D eigenvalue weighted by molar-refractivity contribution is -0.129. The number of amides is 1. The molecule has 1 radical (unpaired) electrons. The molecule has 1 amide bonds. The molecule has 4 heteroatoms. The number of aliphatic hydroxyl groups is 2. The van der Waals surface area contributed by atoms with Crippen molar-refractivity contribution in [2.75, 3.05) is 0 Å². The average molecular weight is 116 g/mol. The topological polar surface area (TPSA) is 69.6 Å². The normalized spacial score (nSPS) is 10.2. The Balaban J connectivity index is 3.70. The Morgan fingerprint density at radius 3 is 2.38 bits per heavy atom. The van der Waals surface area contributed by atoms with Crippen molar-refractivity contribution < 1.29 is 15.0 Å². The second-order valence-electron chi connectivity index (χ2n) is 1.16. The van der Waals surface area contributed by atoms with Crippen LogP contribution in [0.15, 0.2) is 12.7 Å². The molecule has 0 aromatic rings. The van der Waals surface area contributed by atoms with E-state index in [1.807, 2.05) is 0 Å². The highest BCUT2D eigenvalue weighted by atomic mass is 16.5. The van der Waals surface area contributed by atoms with Crippen LogP contribution in [-0.4, -0.2) is 22.5 Å². The van der Waals surface area contributed by atoms with Crippen LogP contribution >= 0.6 is 0 Å². The second kappa shape index (κ2) is 2.44. The molecule has 8 heavy (non-hydrogen) atoms. The third kappa shape index (κ3) is 2.33. The molecule has 0 fully saturated rings. The number of carbonyl (C=O) groups excluding carboxylic acids is 1. The van der Waals surface area contributed by atoms with E-state index >= 15 is 0 Å². The molecule has 0 aliphatic heterocycles. The number of hydrogen-bond acceptors (Lipinski definition) is 3. The van der Waals surface area contributed by atoms with Gasteiger partial charge in [0.15, 0.2) is 0 Å². The van der Waals surface area contributed by atoms with Gasteiger partial charge in [0.05, 0.1) is 0 Å². The largest absolute Gasteiger partial charge is 0.346 e. The van der Waals surface area contributed by atoms with Gasteiger partial charge in [-0.2, -0.15) is 0 Å². The number of nitrogens with one attached hydrogen (secondary N) is 1. The lowest BCUT2D eigenvalue weighted by Crippen LogP contribution is -2.41. The van der Waals surface area contributed by atoms with Crippen LogP contribution in [-0.2, 0) is 4.79 Å². The number of rotatable bonds is 3. The fourth-order valence-corrected chi connectivity index (χ4v) is 0.126. The van der Waals surface area contributed by atoms with Crippen LogP contribution in [0.4, 0.5) is 0 Å². The van der Waals surface area contributed by atoms with E-state index in [0.29, 0.717) is 0 Å². The highest BCUT2D eigenvalue weighted by Gasteiger charge is 2.14. The summed E-state index contributed by atoms with van der Waals surface area (Å²) in [5, 5.41) is 18.3. The lowest BCUT2D eigenvalue weighted by atomic mass is 10.5. The van der Waals surface area contributed by atoms with Crippen molar-refractivity contribution in [3.63, 3.8) is 0 Å². The molecule has 0 bridgehead atoms. The van der Waals surface area contributed by atoms with E-state index in [9.17, 15) is 4.79 Å². The molecule has 0 atom stereocenters. The van der Waals surface area contributed by atoms with E-state index < -0.39 is 5.91 Å². The molecule has 0 saturated carbocycles.